The summed E-state index contributed by atoms with van der Waals surface area (Å²) in [6.07, 6.45) is 7.50. The number of benzene rings is 1. The third-order valence-corrected chi connectivity index (χ3v) is 6.92. The molecule has 3 heterocycles. The average molecular weight is 441 g/mol. The van der Waals surface area contributed by atoms with Crippen molar-refractivity contribution in [1.82, 2.24) is 9.88 Å². The molecule has 1 atom stereocenters. The maximum Gasteiger partial charge on any atom is 0.290 e. The van der Waals surface area contributed by atoms with Gasteiger partial charge in [-0.1, -0.05) is 43.2 Å². The second-order valence-corrected chi connectivity index (χ2v) is 8.86. The maximum absolute atomic E-state index is 13.7. The molecule has 1 unspecified atom stereocenters. The van der Waals surface area contributed by atoms with Crippen molar-refractivity contribution >= 4 is 12.4 Å². The number of oxazole rings is 1. The predicted octanol–water partition coefficient (Wildman–Crippen LogP) is 4.13. The minimum Gasteiger partial charge on any atom is -0.483 e. The lowest BCUT2D eigenvalue weighted by Gasteiger charge is -2.32. The second-order valence-electron chi connectivity index (χ2n) is 8.86. The van der Waals surface area contributed by atoms with Gasteiger partial charge in [-0.15, -0.1) is 0 Å². The van der Waals surface area contributed by atoms with E-state index in [0.29, 0.717) is 18.4 Å². The van der Waals surface area contributed by atoms with Crippen LogP contribution in [-0.2, 0) is 27.3 Å². The number of hydrogen-bond acceptors (Lipinski definition) is 5. The van der Waals surface area contributed by atoms with Gasteiger partial charge in [0, 0.05) is 32.1 Å². The number of carbonyl (C=O) groups is 2. The fourth-order valence-electron chi connectivity index (χ4n) is 5.29. The van der Waals surface area contributed by atoms with Crippen LogP contribution in [0.4, 0.5) is 0 Å². The van der Waals surface area contributed by atoms with Crippen LogP contribution in [0, 0.1) is 5.92 Å². The first-order chi connectivity index (χ1) is 15.7. The summed E-state index contributed by atoms with van der Waals surface area (Å²) in [7, 11) is 0. The Hall–Kier alpha value is -2.67. The summed E-state index contributed by atoms with van der Waals surface area (Å²) >= 11 is 0. The fourth-order valence-corrected chi connectivity index (χ4v) is 5.29. The Labute approximate surface area is 188 Å². The van der Waals surface area contributed by atoms with Gasteiger partial charge in [0.05, 0.1) is 12.5 Å². The van der Waals surface area contributed by atoms with Gasteiger partial charge in [-0.05, 0) is 37.2 Å². The van der Waals surface area contributed by atoms with Crippen molar-refractivity contribution in [1.29, 1.82) is 0 Å². The molecule has 1 aromatic heterocycles. The molecule has 2 aliphatic heterocycles. The number of fused-ring (bicyclic) bond motifs is 1. The van der Waals surface area contributed by atoms with Crippen molar-refractivity contribution < 1.29 is 23.8 Å². The lowest BCUT2D eigenvalue weighted by atomic mass is 9.83. The Kier molecular flexibility index (Phi) is 7.58. The highest BCUT2D eigenvalue weighted by Gasteiger charge is 2.37. The van der Waals surface area contributed by atoms with Crippen LogP contribution in [-0.4, -0.2) is 47.1 Å². The van der Waals surface area contributed by atoms with E-state index in [1.165, 1.54) is 18.4 Å². The summed E-state index contributed by atoms with van der Waals surface area (Å²) in [5, 5.41) is 6.89. The minimum absolute atomic E-state index is 0.0258. The summed E-state index contributed by atoms with van der Waals surface area (Å²) in [5.74, 6) is 2.89. The molecule has 1 aromatic carbocycles. The average Bonchev–Trinajstić information content (AvgIpc) is 3.51. The van der Waals surface area contributed by atoms with E-state index in [2.05, 4.69) is 24.3 Å². The van der Waals surface area contributed by atoms with Crippen molar-refractivity contribution in [3.8, 4) is 0 Å². The number of rotatable bonds is 4. The maximum atomic E-state index is 13.7. The zero-order chi connectivity index (χ0) is 22.3. The molecule has 172 valence electrons. The summed E-state index contributed by atoms with van der Waals surface area (Å²) in [5.41, 5.74) is 2.13. The number of ether oxygens (including phenoxy) is 1. The normalized spacial score (nSPS) is 20.2. The highest BCUT2D eigenvalue weighted by Crippen LogP contribution is 2.39. The van der Waals surface area contributed by atoms with Crippen molar-refractivity contribution in [3.63, 3.8) is 0 Å². The van der Waals surface area contributed by atoms with E-state index in [0.717, 1.165) is 69.2 Å². The largest absolute Gasteiger partial charge is 0.483 e. The van der Waals surface area contributed by atoms with Crippen LogP contribution in [0.25, 0.3) is 0 Å². The molecule has 0 bridgehead atoms. The number of aromatic nitrogens is 1. The molecule has 1 N–H and O–H groups in total. The summed E-state index contributed by atoms with van der Waals surface area (Å²) in [6.45, 7) is 2.62. The molecule has 2 aromatic rings. The molecular formula is C25H32N2O5. The van der Waals surface area contributed by atoms with E-state index >= 15 is 0 Å². The fraction of sp³-hybridized carbons (Fsp3) is 0.560. The number of hydrogen-bond donors (Lipinski definition) is 1. The van der Waals surface area contributed by atoms with E-state index in [4.69, 9.17) is 24.0 Å². The van der Waals surface area contributed by atoms with Gasteiger partial charge in [0.25, 0.3) is 6.47 Å². The molecule has 3 aliphatic rings. The van der Waals surface area contributed by atoms with Crippen LogP contribution in [0.5, 0.6) is 0 Å². The summed E-state index contributed by atoms with van der Waals surface area (Å²) in [6, 6.07) is 10.4. The van der Waals surface area contributed by atoms with Crippen LogP contribution in [0.1, 0.15) is 73.3 Å². The number of carbonyl (C=O) groups excluding carboxylic acids is 1. The highest BCUT2D eigenvalue weighted by atomic mass is 16.5. The van der Waals surface area contributed by atoms with Crippen LogP contribution >= 0.6 is 0 Å². The molecular weight excluding hydrogens is 408 g/mol. The van der Waals surface area contributed by atoms with Gasteiger partial charge >= 0.3 is 0 Å². The van der Waals surface area contributed by atoms with Crippen molar-refractivity contribution in [2.45, 2.75) is 63.3 Å². The zero-order valence-corrected chi connectivity index (χ0v) is 18.4. The molecule has 7 nitrogen and oxygen atoms in total. The van der Waals surface area contributed by atoms with E-state index < -0.39 is 0 Å². The summed E-state index contributed by atoms with van der Waals surface area (Å²) in [4.78, 5) is 28.9. The van der Waals surface area contributed by atoms with Gasteiger partial charge in [-0.2, -0.15) is 0 Å². The first kappa shape index (κ1) is 22.5. The van der Waals surface area contributed by atoms with Gasteiger partial charge in [-0.3, -0.25) is 9.59 Å². The van der Waals surface area contributed by atoms with Gasteiger partial charge < -0.3 is 19.2 Å². The molecule has 2 fully saturated rings. The molecule has 7 heteroatoms. The van der Waals surface area contributed by atoms with Crippen LogP contribution in [0.15, 0.2) is 34.7 Å². The smallest absolute Gasteiger partial charge is 0.290 e. The third-order valence-electron chi connectivity index (χ3n) is 6.92. The first-order valence-corrected chi connectivity index (χ1v) is 11.7. The Morgan fingerprint density at radius 3 is 2.50 bits per heavy atom. The minimum atomic E-state index is -0.250. The van der Waals surface area contributed by atoms with Crippen LogP contribution in [0.3, 0.4) is 0 Å². The van der Waals surface area contributed by atoms with Gasteiger partial charge in [0.2, 0.25) is 5.91 Å². The van der Waals surface area contributed by atoms with E-state index in [-0.39, 0.29) is 18.3 Å². The SMILES string of the molecule is O=C(C(c1ccccc1)C1CCCC1)N1CCc2oc(C3CCOCC3)nc2C1.O=CO. The topological polar surface area (TPSA) is 92.9 Å². The molecule has 0 spiro atoms. The van der Waals surface area contributed by atoms with E-state index in [9.17, 15) is 4.79 Å². The lowest BCUT2D eigenvalue weighted by Crippen LogP contribution is -2.40. The second kappa shape index (κ2) is 10.8. The van der Waals surface area contributed by atoms with Gasteiger partial charge in [0.15, 0.2) is 5.89 Å². The predicted molar refractivity (Wildman–Crippen MR) is 118 cm³/mol. The molecule has 1 amide bonds. The Bertz CT molecular complexity index is 885. The van der Waals surface area contributed by atoms with Crippen LogP contribution in [0.2, 0.25) is 0 Å². The molecule has 5 rings (SSSR count). The number of nitrogens with zero attached hydrogens (tertiary/aromatic N) is 2. The lowest BCUT2D eigenvalue weighted by molar-refractivity contribution is -0.135. The van der Waals surface area contributed by atoms with Gasteiger partial charge in [-0.25, -0.2) is 4.98 Å². The Morgan fingerprint density at radius 1 is 1.12 bits per heavy atom. The molecule has 1 aliphatic carbocycles. The number of amides is 1. The van der Waals surface area contributed by atoms with Gasteiger partial charge in [0.1, 0.15) is 11.5 Å². The van der Waals surface area contributed by atoms with Crippen molar-refractivity contribution in [2.75, 3.05) is 19.8 Å². The van der Waals surface area contributed by atoms with E-state index in [1.807, 2.05) is 11.0 Å². The standard InChI is InChI=1S/C24H30N2O3.CH2O2/c27-24(22(18-8-4-5-9-18)17-6-2-1-3-7-17)26-13-10-21-20(16-26)25-23(29-21)19-11-14-28-15-12-19;2-1-3/h1-3,6-7,18-19,22H,4-5,8-16H2;1H,(H,2,3). The van der Waals surface area contributed by atoms with E-state index in [1.54, 1.807) is 0 Å². The third kappa shape index (κ3) is 5.04. The quantitative estimate of drug-likeness (QED) is 0.719. The zero-order valence-electron chi connectivity index (χ0n) is 18.4. The molecule has 1 saturated carbocycles. The Morgan fingerprint density at radius 2 is 1.81 bits per heavy atom. The number of carboxylic acid groups (broad SMARTS) is 1. The van der Waals surface area contributed by atoms with Crippen molar-refractivity contribution in [3.05, 3.63) is 53.2 Å². The monoisotopic (exact) mass is 440 g/mol. The van der Waals surface area contributed by atoms with Crippen molar-refractivity contribution in [2.24, 2.45) is 5.92 Å². The first-order valence-electron chi connectivity index (χ1n) is 11.7. The summed E-state index contributed by atoms with van der Waals surface area (Å²) < 4.78 is 11.6. The molecule has 0 radical (unpaired) electrons. The molecule has 1 saturated heterocycles. The highest BCUT2D eigenvalue weighted by molar-refractivity contribution is 5.84. The Balaban J connectivity index is 0.000000775. The molecule has 32 heavy (non-hydrogen) atoms. The van der Waals surface area contributed by atoms with Crippen LogP contribution < -0.4 is 0 Å².